The van der Waals surface area contributed by atoms with Gasteiger partial charge in [-0.1, -0.05) is 65.1 Å². The van der Waals surface area contributed by atoms with Gasteiger partial charge in [0.25, 0.3) is 0 Å². The fraction of sp³-hybridized carbons (Fsp3) is 0.760. The van der Waals surface area contributed by atoms with Gasteiger partial charge in [-0.15, -0.1) is 0 Å². The molecule has 6 atom stereocenters. The minimum atomic E-state index is -0.0820. The highest BCUT2D eigenvalue weighted by Crippen LogP contribution is 2.68. The third-order valence-electron chi connectivity index (χ3n) is 10.2. The number of carbonyl (C=O) groups is 2. The Kier molecular flexibility index (Phi) is 4.66. The molecule has 168 valence electrons. The van der Waals surface area contributed by atoms with Crippen molar-refractivity contribution in [1.82, 2.24) is 9.97 Å². The van der Waals surface area contributed by atoms with Crippen molar-refractivity contribution in [1.29, 1.82) is 0 Å². The van der Waals surface area contributed by atoms with Gasteiger partial charge in [-0.05, 0) is 60.3 Å². The SMILES string of the molecule is Cc1cc(S[C@@H]2C(=O)[C@@H]3CC[C@]2(C)C3(C)C)nc(S[C@@H]2C(=O)[C@H]3CC[C@]2(C)C3(C)C)n1. The van der Waals surface area contributed by atoms with Crippen LogP contribution in [0.25, 0.3) is 0 Å². The van der Waals surface area contributed by atoms with Gasteiger partial charge in [-0.25, -0.2) is 9.97 Å². The second kappa shape index (κ2) is 6.59. The highest BCUT2D eigenvalue weighted by molar-refractivity contribution is 8.01. The Labute approximate surface area is 194 Å². The number of fused-ring (bicyclic) bond motifs is 4. The quantitative estimate of drug-likeness (QED) is 0.422. The number of hydrogen-bond donors (Lipinski definition) is 0. The van der Waals surface area contributed by atoms with Crippen LogP contribution in [0.1, 0.15) is 72.9 Å². The number of carbonyl (C=O) groups excluding carboxylic acids is 2. The first-order chi connectivity index (χ1) is 14.3. The van der Waals surface area contributed by atoms with Gasteiger partial charge in [0.15, 0.2) is 5.16 Å². The van der Waals surface area contributed by atoms with Crippen LogP contribution in [0.3, 0.4) is 0 Å². The van der Waals surface area contributed by atoms with E-state index in [1.54, 1.807) is 23.5 Å². The number of hydrogen-bond acceptors (Lipinski definition) is 6. The molecule has 0 spiro atoms. The molecule has 1 heterocycles. The Hall–Kier alpha value is -0.880. The maximum absolute atomic E-state index is 13.2. The monoisotopic (exact) mass is 458 g/mol. The molecule has 4 nitrogen and oxygen atoms in total. The fourth-order valence-electron chi connectivity index (χ4n) is 7.21. The molecule has 4 fully saturated rings. The van der Waals surface area contributed by atoms with E-state index in [0.717, 1.165) is 36.4 Å². The van der Waals surface area contributed by atoms with Crippen molar-refractivity contribution in [3.05, 3.63) is 11.8 Å². The highest BCUT2D eigenvalue weighted by atomic mass is 32.2. The molecule has 1 aromatic heterocycles. The summed E-state index contributed by atoms with van der Waals surface area (Å²) in [4.78, 5) is 35.9. The Morgan fingerprint density at radius 2 is 1.29 bits per heavy atom. The van der Waals surface area contributed by atoms with Crippen molar-refractivity contribution in [2.45, 2.75) is 94.8 Å². The maximum atomic E-state index is 13.2. The lowest BCUT2D eigenvalue weighted by atomic mass is 9.71. The summed E-state index contributed by atoms with van der Waals surface area (Å²) in [5.74, 6) is 1.09. The van der Waals surface area contributed by atoms with Gasteiger partial charge >= 0.3 is 0 Å². The molecule has 4 aliphatic rings. The summed E-state index contributed by atoms with van der Waals surface area (Å²) in [7, 11) is 0. The number of ketones is 2. The van der Waals surface area contributed by atoms with E-state index in [9.17, 15) is 9.59 Å². The average Bonchev–Trinajstić information content (AvgIpc) is 3.14. The van der Waals surface area contributed by atoms with Crippen molar-refractivity contribution in [3.63, 3.8) is 0 Å². The molecular formula is C25H34N2O2S2. The lowest BCUT2D eigenvalue weighted by molar-refractivity contribution is -0.123. The summed E-state index contributed by atoms with van der Waals surface area (Å²) in [6, 6.07) is 2.00. The molecule has 4 aliphatic carbocycles. The molecule has 4 bridgehead atoms. The Morgan fingerprint density at radius 1 is 0.806 bits per heavy atom. The van der Waals surface area contributed by atoms with Crippen molar-refractivity contribution in [2.75, 3.05) is 0 Å². The van der Waals surface area contributed by atoms with Crippen molar-refractivity contribution in [2.24, 2.45) is 33.5 Å². The van der Waals surface area contributed by atoms with Crippen LogP contribution in [0.2, 0.25) is 0 Å². The van der Waals surface area contributed by atoms with E-state index < -0.39 is 0 Å². The van der Waals surface area contributed by atoms with Gasteiger partial charge in [0.05, 0.1) is 10.5 Å². The standard InChI is InChI=1S/C25H34N2O2S2/c1-13-12-16(30-19-17(28)14-8-10-24(19,6)22(14,2)3)27-21(26-13)31-20-18(29)15-9-11-25(20,7)23(15,4)5/h12,14-15,19-20H,8-11H2,1-7H3/t14-,15+,19+,20+,24-,25-/m0/s1. The first-order valence-corrected chi connectivity index (χ1v) is 13.4. The minimum absolute atomic E-state index is 0.00362. The second-order valence-electron chi connectivity index (χ2n) is 11.9. The number of thioether (sulfide) groups is 2. The third-order valence-corrected chi connectivity index (χ3v) is 13.0. The van der Waals surface area contributed by atoms with Crippen LogP contribution >= 0.6 is 23.5 Å². The first kappa shape index (κ1) is 21.9. The molecule has 0 saturated heterocycles. The smallest absolute Gasteiger partial charge is 0.189 e. The molecule has 0 amide bonds. The lowest BCUT2D eigenvalue weighted by Crippen LogP contribution is -2.36. The van der Waals surface area contributed by atoms with Crippen LogP contribution in [0.15, 0.2) is 16.2 Å². The van der Waals surface area contributed by atoms with Gasteiger partial charge in [0.2, 0.25) is 0 Å². The van der Waals surface area contributed by atoms with Crippen LogP contribution < -0.4 is 0 Å². The largest absolute Gasteiger partial charge is 0.298 e. The molecular weight excluding hydrogens is 424 g/mol. The van der Waals surface area contributed by atoms with E-state index >= 15 is 0 Å². The second-order valence-corrected chi connectivity index (χ2v) is 14.1. The molecule has 0 unspecified atom stereocenters. The van der Waals surface area contributed by atoms with Crippen LogP contribution in [-0.2, 0) is 9.59 Å². The predicted molar refractivity (Wildman–Crippen MR) is 125 cm³/mol. The van der Waals surface area contributed by atoms with Gasteiger partial charge in [0, 0.05) is 17.5 Å². The first-order valence-electron chi connectivity index (χ1n) is 11.6. The van der Waals surface area contributed by atoms with E-state index in [-0.39, 0.29) is 44.0 Å². The molecule has 6 heteroatoms. The zero-order chi connectivity index (χ0) is 22.6. The molecule has 0 radical (unpaired) electrons. The summed E-state index contributed by atoms with van der Waals surface area (Å²) in [5, 5.41) is 1.43. The van der Waals surface area contributed by atoms with Gasteiger partial charge in [0.1, 0.15) is 16.6 Å². The zero-order valence-corrected chi connectivity index (χ0v) is 21.4. The Balaban J connectivity index is 1.42. The number of nitrogens with zero attached hydrogens (tertiary/aromatic N) is 2. The van der Waals surface area contributed by atoms with Gasteiger partial charge in [-0.2, -0.15) is 0 Å². The van der Waals surface area contributed by atoms with E-state index in [1.807, 2.05) is 13.0 Å². The summed E-state index contributed by atoms with van der Waals surface area (Å²) < 4.78 is 0. The summed E-state index contributed by atoms with van der Waals surface area (Å²) in [6.45, 7) is 15.6. The van der Waals surface area contributed by atoms with E-state index in [2.05, 4.69) is 46.5 Å². The van der Waals surface area contributed by atoms with Gasteiger partial charge in [-0.3, -0.25) is 9.59 Å². The highest BCUT2D eigenvalue weighted by Gasteiger charge is 2.67. The lowest BCUT2D eigenvalue weighted by Gasteiger charge is -2.37. The average molecular weight is 459 g/mol. The Bertz CT molecular complexity index is 915. The number of aryl methyl sites for hydroxylation is 1. The molecule has 4 saturated carbocycles. The fourth-order valence-corrected chi connectivity index (χ4v) is 10.4. The Morgan fingerprint density at radius 3 is 1.74 bits per heavy atom. The summed E-state index contributed by atoms with van der Waals surface area (Å²) in [5.41, 5.74) is 0.956. The predicted octanol–water partition coefficient (Wildman–Crippen LogP) is 5.76. The topological polar surface area (TPSA) is 59.9 Å². The van der Waals surface area contributed by atoms with Crippen LogP contribution in [0.5, 0.6) is 0 Å². The van der Waals surface area contributed by atoms with E-state index in [1.165, 1.54) is 0 Å². The zero-order valence-electron chi connectivity index (χ0n) is 19.7. The molecule has 0 aromatic carbocycles. The minimum Gasteiger partial charge on any atom is -0.298 e. The van der Waals surface area contributed by atoms with Crippen molar-refractivity contribution in [3.8, 4) is 0 Å². The number of rotatable bonds is 4. The molecule has 5 rings (SSSR count). The van der Waals surface area contributed by atoms with Crippen LogP contribution in [0.4, 0.5) is 0 Å². The van der Waals surface area contributed by atoms with Gasteiger partial charge < -0.3 is 0 Å². The van der Waals surface area contributed by atoms with Crippen molar-refractivity contribution >= 4 is 35.1 Å². The molecule has 31 heavy (non-hydrogen) atoms. The van der Waals surface area contributed by atoms with E-state index in [0.29, 0.717) is 16.7 Å². The molecule has 0 N–H and O–H groups in total. The number of aromatic nitrogens is 2. The maximum Gasteiger partial charge on any atom is 0.189 e. The third kappa shape index (κ3) is 2.70. The molecule has 1 aromatic rings. The normalized spacial score (nSPS) is 42.0. The summed E-state index contributed by atoms with van der Waals surface area (Å²) in [6.07, 6.45) is 4.22. The van der Waals surface area contributed by atoms with Crippen LogP contribution in [-0.4, -0.2) is 32.0 Å². The van der Waals surface area contributed by atoms with E-state index in [4.69, 9.17) is 4.98 Å². The van der Waals surface area contributed by atoms with Crippen molar-refractivity contribution < 1.29 is 9.59 Å². The molecule has 0 aliphatic heterocycles. The number of Topliss-reactive ketones (excluding diaryl/α,β-unsaturated/α-hetero) is 2. The summed E-state index contributed by atoms with van der Waals surface area (Å²) >= 11 is 3.18. The van der Waals surface area contributed by atoms with Crippen LogP contribution in [0, 0.1) is 40.4 Å².